The molecule has 0 spiro atoms. The zero-order valence-corrected chi connectivity index (χ0v) is 10.4. The summed E-state index contributed by atoms with van der Waals surface area (Å²) in [7, 11) is 0. The number of hydrogen-bond donors (Lipinski definition) is 1. The Morgan fingerprint density at radius 2 is 2.25 bits per heavy atom. The number of ether oxygens (including phenoxy) is 3. The molecule has 1 atom stereocenters. The van der Waals surface area contributed by atoms with Crippen LogP contribution >= 0.6 is 0 Å². The molecule has 1 N–H and O–H groups in total. The number of amides is 1. The summed E-state index contributed by atoms with van der Waals surface area (Å²) in [4.78, 5) is 11.3. The second-order valence-electron chi connectivity index (χ2n) is 4.61. The monoisotopic (exact) mass is 231 g/mol. The molecular weight excluding hydrogens is 210 g/mol. The summed E-state index contributed by atoms with van der Waals surface area (Å²) < 4.78 is 16.1. The molecular formula is C11H21NO4. The van der Waals surface area contributed by atoms with Crippen LogP contribution < -0.4 is 5.32 Å². The Bertz CT molecular complexity index is 240. The third-order valence-electron chi connectivity index (χ3n) is 2.14. The van der Waals surface area contributed by atoms with Crippen LogP contribution in [0.3, 0.4) is 0 Å². The summed E-state index contributed by atoms with van der Waals surface area (Å²) in [6.45, 7) is 8.57. The van der Waals surface area contributed by atoms with E-state index in [1.807, 2.05) is 27.7 Å². The van der Waals surface area contributed by atoms with Gasteiger partial charge in [0.2, 0.25) is 5.91 Å². The van der Waals surface area contributed by atoms with Gasteiger partial charge in [0.1, 0.15) is 12.7 Å². The summed E-state index contributed by atoms with van der Waals surface area (Å²) in [5, 5.41) is 2.75. The molecule has 0 aromatic heterocycles. The summed E-state index contributed by atoms with van der Waals surface area (Å²) in [6.07, 6.45) is -0.00579. The molecule has 1 aliphatic heterocycles. The van der Waals surface area contributed by atoms with E-state index >= 15 is 0 Å². The standard InChI is InChI=1S/C11H21NO4/c1-8(2)14-7-10(13)12-5-9-6-15-11(3,4)16-9/h8-9H,5-7H2,1-4H3,(H,12,13). The van der Waals surface area contributed by atoms with Gasteiger partial charge in [-0.2, -0.15) is 0 Å². The van der Waals surface area contributed by atoms with Gasteiger partial charge in [-0.1, -0.05) is 0 Å². The minimum Gasteiger partial charge on any atom is -0.369 e. The average Bonchev–Trinajstić information content (AvgIpc) is 2.52. The van der Waals surface area contributed by atoms with Crippen molar-refractivity contribution in [1.82, 2.24) is 5.32 Å². The van der Waals surface area contributed by atoms with Gasteiger partial charge in [0.05, 0.1) is 12.7 Å². The highest BCUT2D eigenvalue weighted by Crippen LogP contribution is 2.21. The first-order chi connectivity index (χ1) is 7.39. The van der Waals surface area contributed by atoms with Gasteiger partial charge in [-0.3, -0.25) is 4.79 Å². The number of rotatable bonds is 5. The second-order valence-corrected chi connectivity index (χ2v) is 4.61. The van der Waals surface area contributed by atoms with E-state index in [0.29, 0.717) is 13.2 Å². The van der Waals surface area contributed by atoms with Crippen molar-refractivity contribution < 1.29 is 19.0 Å². The first-order valence-corrected chi connectivity index (χ1v) is 5.59. The van der Waals surface area contributed by atoms with Crippen LogP contribution in [0, 0.1) is 0 Å². The Morgan fingerprint density at radius 3 is 2.75 bits per heavy atom. The Hall–Kier alpha value is -0.650. The first kappa shape index (κ1) is 13.4. The zero-order valence-electron chi connectivity index (χ0n) is 10.4. The molecule has 0 bridgehead atoms. The van der Waals surface area contributed by atoms with Gasteiger partial charge in [-0.05, 0) is 27.7 Å². The van der Waals surface area contributed by atoms with Crippen molar-refractivity contribution in [2.75, 3.05) is 19.8 Å². The van der Waals surface area contributed by atoms with Crippen molar-refractivity contribution in [2.45, 2.75) is 45.7 Å². The average molecular weight is 231 g/mol. The first-order valence-electron chi connectivity index (χ1n) is 5.59. The van der Waals surface area contributed by atoms with Crippen LogP contribution in [0.1, 0.15) is 27.7 Å². The Kier molecular flexibility index (Phi) is 4.70. The molecule has 1 amide bonds. The number of carbonyl (C=O) groups excluding carboxylic acids is 1. The predicted octanol–water partition coefficient (Wildman–Crippen LogP) is 0.679. The predicted molar refractivity (Wildman–Crippen MR) is 59.0 cm³/mol. The molecule has 0 radical (unpaired) electrons. The fraction of sp³-hybridized carbons (Fsp3) is 0.909. The maximum absolute atomic E-state index is 11.3. The van der Waals surface area contributed by atoms with Crippen LogP contribution in [0.4, 0.5) is 0 Å². The molecule has 1 saturated heterocycles. The fourth-order valence-corrected chi connectivity index (χ4v) is 1.38. The van der Waals surface area contributed by atoms with Crippen molar-refractivity contribution >= 4 is 5.91 Å². The van der Waals surface area contributed by atoms with Crippen LogP contribution in [0.5, 0.6) is 0 Å². The van der Waals surface area contributed by atoms with E-state index in [1.165, 1.54) is 0 Å². The van der Waals surface area contributed by atoms with E-state index in [9.17, 15) is 4.79 Å². The molecule has 1 fully saturated rings. The Balaban J connectivity index is 2.13. The van der Waals surface area contributed by atoms with Crippen molar-refractivity contribution in [3.8, 4) is 0 Å². The molecule has 0 aromatic carbocycles. The highest BCUT2D eigenvalue weighted by Gasteiger charge is 2.32. The molecule has 0 aliphatic carbocycles. The molecule has 5 heteroatoms. The maximum Gasteiger partial charge on any atom is 0.246 e. The summed E-state index contributed by atoms with van der Waals surface area (Å²) >= 11 is 0. The lowest BCUT2D eigenvalue weighted by atomic mass is 10.3. The van der Waals surface area contributed by atoms with Crippen LogP contribution in [0.15, 0.2) is 0 Å². The van der Waals surface area contributed by atoms with Crippen molar-refractivity contribution in [3.05, 3.63) is 0 Å². The Morgan fingerprint density at radius 1 is 1.56 bits per heavy atom. The minimum absolute atomic E-state index is 0.0655. The summed E-state index contributed by atoms with van der Waals surface area (Å²) in [6, 6.07) is 0. The smallest absolute Gasteiger partial charge is 0.246 e. The van der Waals surface area contributed by atoms with Gasteiger partial charge in [0.25, 0.3) is 0 Å². The molecule has 1 heterocycles. The molecule has 1 rings (SSSR count). The maximum atomic E-state index is 11.3. The third kappa shape index (κ3) is 4.92. The van der Waals surface area contributed by atoms with Crippen LogP contribution in [-0.4, -0.2) is 43.7 Å². The van der Waals surface area contributed by atoms with E-state index in [1.54, 1.807) is 0 Å². The van der Waals surface area contributed by atoms with Gasteiger partial charge >= 0.3 is 0 Å². The molecule has 16 heavy (non-hydrogen) atoms. The van der Waals surface area contributed by atoms with E-state index in [-0.39, 0.29) is 24.7 Å². The van der Waals surface area contributed by atoms with E-state index in [0.717, 1.165) is 0 Å². The van der Waals surface area contributed by atoms with Crippen LogP contribution in [-0.2, 0) is 19.0 Å². The molecule has 1 aliphatic rings. The van der Waals surface area contributed by atoms with Gasteiger partial charge in [0.15, 0.2) is 5.79 Å². The number of nitrogens with one attached hydrogen (secondary N) is 1. The number of hydrogen-bond acceptors (Lipinski definition) is 4. The lowest BCUT2D eigenvalue weighted by Crippen LogP contribution is -2.36. The highest BCUT2D eigenvalue weighted by molar-refractivity contribution is 5.77. The van der Waals surface area contributed by atoms with Crippen LogP contribution in [0.25, 0.3) is 0 Å². The molecule has 0 aromatic rings. The second kappa shape index (κ2) is 5.61. The zero-order chi connectivity index (χ0) is 12.2. The molecule has 94 valence electrons. The van der Waals surface area contributed by atoms with Gasteiger partial charge < -0.3 is 19.5 Å². The van der Waals surface area contributed by atoms with Crippen molar-refractivity contribution in [1.29, 1.82) is 0 Å². The molecule has 0 saturated carbocycles. The molecule has 5 nitrogen and oxygen atoms in total. The topological polar surface area (TPSA) is 56.8 Å². The van der Waals surface area contributed by atoms with E-state index in [4.69, 9.17) is 14.2 Å². The number of carbonyl (C=O) groups is 1. The lowest BCUT2D eigenvalue weighted by molar-refractivity contribution is -0.140. The molecule has 1 unspecified atom stereocenters. The van der Waals surface area contributed by atoms with E-state index < -0.39 is 5.79 Å². The summed E-state index contributed by atoms with van der Waals surface area (Å²) in [5.74, 6) is -0.661. The van der Waals surface area contributed by atoms with Crippen LogP contribution in [0.2, 0.25) is 0 Å². The SMILES string of the molecule is CC(C)OCC(=O)NCC1COC(C)(C)O1. The Labute approximate surface area is 96.4 Å². The minimum atomic E-state index is -0.538. The highest BCUT2D eigenvalue weighted by atomic mass is 16.7. The van der Waals surface area contributed by atoms with Gasteiger partial charge in [0, 0.05) is 6.54 Å². The normalized spacial score (nSPS) is 23.7. The third-order valence-corrected chi connectivity index (χ3v) is 2.14. The van der Waals surface area contributed by atoms with Gasteiger partial charge in [-0.25, -0.2) is 0 Å². The van der Waals surface area contributed by atoms with Crippen molar-refractivity contribution in [3.63, 3.8) is 0 Å². The fourth-order valence-electron chi connectivity index (χ4n) is 1.38. The largest absolute Gasteiger partial charge is 0.369 e. The van der Waals surface area contributed by atoms with E-state index in [2.05, 4.69) is 5.32 Å². The van der Waals surface area contributed by atoms with Crippen molar-refractivity contribution in [2.24, 2.45) is 0 Å². The lowest BCUT2D eigenvalue weighted by Gasteiger charge is -2.17. The quantitative estimate of drug-likeness (QED) is 0.756. The van der Waals surface area contributed by atoms with Gasteiger partial charge in [-0.15, -0.1) is 0 Å². The summed E-state index contributed by atoms with van der Waals surface area (Å²) in [5.41, 5.74) is 0.